The highest BCUT2D eigenvalue weighted by Gasteiger charge is 2.43. The molecule has 1 amide bonds. The summed E-state index contributed by atoms with van der Waals surface area (Å²) < 4.78 is 0. The minimum absolute atomic E-state index is 0.0404. The lowest BCUT2D eigenvalue weighted by Crippen LogP contribution is -2.41. The van der Waals surface area contributed by atoms with Gasteiger partial charge in [-0.3, -0.25) is 9.78 Å². The van der Waals surface area contributed by atoms with Crippen molar-refractivity contribution in [2.75, 3.05) is 7.11 Å². The van der Waals surface area contributed by atoms with Crippen LogP contribution in [0.1, 0.15) is 42.4 Å². The fraction of sp³-hybridized carbons (Fsp3) is 0.400. The molecule has 1 aromatic heterocycles. The van der Waals surface area contributed by atoms with Crippen molar-refractivity contribution < 1.29 is 19.5 Å². The van der Waals surface area contributed by atoms with Gasteiger partial charge < -0.3 is 15.3 Å². The second-order valence-electron chi connectivity index (χ2n) is 5.60. The van der Waals surface area contributed by atoms with Crippen LogP contribution in [0.2, 0.25) is 0 Å². The number of hydrogen-bond donors (Lipinski definition) is 2. The number of pyridine rings is 1. The van der Waals surface area contributed by atoms with Crippen molar-refractivity contribution >= 4 is 23.9 Å². The van der Waals surface area contributed by atoms with Gasteiger partial charge in [0.1, 0.15) is 18.3 Å². The minimum atomic E-state index is -1.17. The number of nitrogens with zero attached hydrogens (tertiary/aromatic N) is 3. The molecule has 0 saturated heterocycles. The first-order valence-corrected chi connectivity index (χ1v) is 7.01. The van der Waals surface area contributed by atoms with E-state index in [4.69, 9.17) is 0 Å². The topological polar surface area (TPSA) is 113 Å². The number of carbonyl (C=O) groups excluding carboxylic acids is 1. The summed E-state index contributed by atoms with van der Waals surface area (Å²) in [5, 5.41) is 15.6. The van der Waals surface area contributed by atoms with E-state index in [0.29, 0.717) is 5.56 Å². The van der Waals surface area contributed by atoms with E-state index in [0.717, 1.165) is 0 Å². The molecular weight excluding hydrogens is 300 g/mol. The maximum Gasteiger partial charge on any atom is 0.338 e. The van der Waals surface area contributed by atoms with Crippen LogP contribution in [0.15, 0.2) is 22.4 Å². The van der Waals surface area contributed by atoms with Crippen LogP contribution >= 0.6 is 0 Å². The summed E-state index contributed by atoms with van der Waals surface area (Å²) >= 11 is 0. The molecule has 2 rings (SSSR count). The summed E-state index contributed by atoms with van der Waals surface area (Å²) in [5.74, 6) is -1.32. The summed E-state index contributed by atoms with van der Waals surface area (Å²) in [5.41, 5.74) is -0.436. The molecule has 1 aromatic rings. The Morgan fingerprint density at radius 1 is 1.52 bits per heavy atom. The van der Waals surface area contributed by atoms with E-state index in [9.17, 15) is 14.7 Å². The summed E-state index contributed by atoms with van der Waals surface area (Å²) in [4.78, 5) is 36.7. The van der Waals surface area contributed by atoms with Crippen LogP contribution in [0.4, 0.5) is 0 Å². The molecule has 0 radical (unpaired) electrons. The quantitative estimate of drug-likeness (QED) is 0.622. The Balaban J connectivity index is 2.50. The van der Waals surface area contributed by atoms with Gasteiger partial charge >= 0.3 is 5.97 Å². The van der Waals surface area contributed by atoms with Crippen molar-refractivity contribution in [3.05, 3.63) is 29.1 Å². The minimum Gasteiger partial charge on any atom is -0.478 e. The number of carboxylic acid groups (broad SMARTS) is 1. The zero-order chi connectivity index (χ0) is 17.2. The Morgan fingerprint density at radius 2 is 2.22 bits per heavy atom. The number of amides is 1. The Kier molecular flexibility index (Phi) is 4.44. The molecule has 1 unspecified atom stereocenters. The average molecular weight is 318 g/mol. The monoisotopic (exact) mass is 318 g/mol. The number of aromatic nitrogens is 1. The fourth-order valence-corrected chi connectivity index (χ4v) is 2.07. The van der Waals surface area contributed by atoms with Crippen molar-refractivity contribution in [2.45, 2.75) is 26.3 Å². The van der Waals surface area contributed by atoms with E-state index in [1.807, 2.05) is 13.8 Å². The molecular formula is C15H18N4O4. The Morgan fingerprint density at radius 3 is 2.74 bits per heavy atom. The Hall–Kier alpha value is -2.77. The van der Waals surface area contributed by atoms with Gasteiger partial charge in [0.05, 0.1) is 11.8 Å². The van der Waals surface area contributed by atoms with Crippen molar-refractivity contribution in [3.63, 3.8) is 0 Å². The van der Waals surface area contributed by atoms with Crippen LogP contribution in [-0.2, 0) is 9.63 Å². The van der Waals surface area contributed by atoms with Gasteiger partial charge in [0.15, 0.2) is 5.84 Å². The lowest BCUT2D eigenvalue weighted by atomic mass is 9.89. The van der Waals surface area contributed by atoms with E-state index >= 15 is 0 Å². The highest BCUT2D eigenvalue weighted by atomic mass is 16.6. The van der Waals surface area contributed by atoms with Gasteiger partial charge in [-0.25, -0.2) is 9.79 Å². The largest absolute Gasteiger partial charge is 0.478 e. The number of hydrogen-bond acceptors (Lipinski definition) is 6. The lowest BCUT2D eigenvalue weighted by Gasteiger charge is -2.21. The number of amidine groups is 1. The number of oxime groups is 1. The van der Waals surface area contributed by atoms with Crippen molar-refractivity contribution in [2.24, 2.45) is 16.1 Å². The summed E-state index contributed by atoms with van der Waals surface area (Å²) in [6.45, 7) is 5.46. The fourth-order valence-electron chi connectivity index (χ4n) is 2.07. The van der Waals surface area contributed by atoms with E-state index in [1.54, 1.807) is 6.92 Å². The molecule has 0 fully saturated rings. The first-order chi connectivity index (χ1) is 10.8. The third-order valence-electron chi connectivity index (χ3n) is 3.83. The molecule has 0 saturated carbocycles. The highest BCUT2D eigenvalue weighted by Crippen LogP contribution is 2.27. The lowest BCUT2D eigenvalue weighted by molar-refractivity contribution is -0.124. The number of rotatable bonds is 5. The normalized spacial score (nSPS) is 20.7. The molecule has 1 atom stereocenters. The van der Waals surface area contributed by atoms with Crippen LogP contribution in [0.5, 0.6) is 0 Å². The molecule has 0 aliphatic carbocycles. The standard InChI is InChI=1S/C15H18N4O4/c1-8(2)15(3)14(22)18-12(19-15)11-10(13(20)21)5-9(6-16-11)7-17-23-4/h5-8H,1-4H3,(H,20,21)(H,18,19,22)/b17-7+. The Labute approximate surface area is 133 Å². The molecule has 8 heteroatoms. The van der Waals surface area contributed by atoms with Crippen LogP contribution in [0.3, 0.4) is 0 Å². The van der Waals surface area contributed by atoms with Crippen LogP contribution in [0, 0.1) is 5.92 Å². The van der Waals surface area contributed by atoms with E-state index < -0.39 is 11.5 Å². The SMILES string of the molecule is CO/N=C/c1cnc(C2=NC(C)(C(C)C)C(=O)N2)c(C(=O)O)c1. The molecule has 8 nitrogen and oxygen atoms in total. The first-order valence-electron chi connectivity index (χ1n) is 7.01. The zero-order valence-corrected chi connectivity index (χ0v) is 13.3. The number of nitrogens with one attached hydrogen (secondary N) is 1. The van der Waals surface area contributed by atoms with Gasteiger partial charge in [-0.15, -0.1) is 0 Å². The molecule has 0 spiro atoms. The molecule has 0 bridgehead atoms. The smallest absolute Gasteiger partial charge is 0.338 e. The van der Waals surface area contributed by atoms with Crippen molar-refractivity contribution in [1.29, 1.82) is 0 Å². The molecule has 2 N–H and O–H groups in total. The van der Waals surface area contributed by atoms with Gasteiger partial charge in [-0.05, 0) is 18.9 Å². The van der Waals surface area contributed by atoms with Gasteiger partial charge in [0, 0.05) is 11.8 Å². The predicted octanol–water partition coefficient (Wildman–Crippen LogP) is 1.05. The third kappa shape index (κ3) is 3.05. The molecule has 122 valence electrons. The second-order valence-corrected chi connectivity index (χ2v) is 5.60. The maximum absolute atomic E-state index is 12.2. The highest BCUT2D eigenvalue weighted by molar-refractivity contribution is 6.17. The van der Waals surface area contributed by atoms with E-state index in [1.165, 1.54) is 25.6 Å². The van der Waals surface area contributed by atoms with Crippen LogP contribution in [-0.4, -0.2) is 46.7 Å². The Bertz CT molecular complexity index is 711. The average Bonchev–Trinajstić information content (AvgIpc) is 2.81. The molecule has 23 heavy (non-hydrogen) atoms. The molecule has 2 heterocycles. The number of aliphatic imine (C=N–C) groups is 1. The predicted molar refractivity (Wildman–Crippen MR) is 83.7 cm³/mol. The van der Waals surface area contributed by atoms with Gasteiger partial charge in [0.25, 0.3) is 5.91 Å². The van der Waals surface area contributed by atoms with E-state index in [2.05, 4.69) is 25.3 Å². The summed E-state index contributed by atoms with van der Waals surface area (Å²) in [7, 11) is 1.38. The van der Waals surface area contributed by atoms with E-state index in [-0.39, 0.29) is 28.9 Å². The molecule has 0 aromatic carbocycles. The van der Waals surface area contributed by atoms with Gasteiger partial charge in [-0.1, -0.05) is 19.0 Å². The van der Waals surface area contributed by atoms with Crippen LogP contribution < -0.4 is 5.32 Å². The number of carbonyl (C=O) groups is 2. The number of aromatic carboxylic acids is 1. The first kappa shape index (κ1) is 16.6. The molecule has 1 aliphatic heterocycles. The van der Waals surface area contributed by atoms with Crippen LogP contribution in [0.25, 0.3) is 0 Å². The van der Waals surface area contributed by atoms with Gasteiger partial charge in [0.2, 0.25) is 0 Å². The van der Waals surface area contributed by atoms with Crippen molar-refractivity contribution in [1.82, 2.24) is 10.3 Å². The zero-order valence-electron chi connectivity index (χ0n) is 13.3. The molecule has 1 aliphatic rings. The summed E-state index contributed by atoms with van der Waals surface area (Å²) in [6.07, 6.45) is 2.78. The number of carboxylic acids is 1. The van der Waals surface area contributed by atoms with Crippen molar-refractivity contribution in [3.8, 4) is 0 Å². The summed E-state index contributed by atoms with van der Waals surface area (Å²) in [6, 6.07) is 1.40. The maximum atomic E-state index is 12.2. The third-order valence-corrected chi connectivity index (χ3v) is 3.83. The van der Waals surface area contributed by atoms with Gasteiger partial charge in [-0.2, -0.15) is 0 Å². The second kappa shape index (κ2) is 6.15.